The summed E-state index contributed by atoms with van der Waals surface area (Å²) in [6, 6.07) is 1.94. The first-order valence-corrected chi connectivity index (χ1v) is 7.96. The van der Waals surface area contributed by atoms with Crippen LogP contribution < -0.4 is 5.32 Å². The fourth-order valence-electron chi connectivity index (χ4n) is 3.50. The van der Waals surface area contributed by atoms with E-state index < -0.39 is 0 Å². The highest BCUT2D eigenvalue weighted by atomic mass is 16.5. The lowest BCUT2D eigenvalue weighted by atomic mass is 9.83. The maximum absolute atomic E-state index is 5.51. The van der Waals surface area contributed by atoms with E-state index in [1.54, 1.807) is 0 Å². The summed E-state index contributed by atoms with van der Waals surface area (Å²) in [5.74, 6) is 0.815. The molecular weight excluding hydrogens is 236 g/mol. The quantitative estimate of drug-likeness (QED) is 0.833. The van der Waals surface area contributed by atoms with Crippen molar-refractivity contribution in [2.45, 2.75) is 65.6 Å². The van der Waals surface area contributed by atoms with Crippen molar-refractivity contribution in [1.29, 1.82) is 0 Å². The summed E-state index contributed by atoms with van der Waals surface area (Å²) in [6.07, 6.45) is 2.47. The lowest BCUT2D eigenvalue weighted by molar-refractivity contribution is -0.00261. The van der Waals surface area contributed by atoms with Crippen LogP contribution in [0, 0.1) is 11.3 Å². The highest BCUT2D eigenvalue weighted by Gasteiger charge is 2.36. The van der Waals surface area contributed by atoms with Crippen molar-refractivity contribution < 1.29 is 4.74 Å². The third-order valence-corrected chi connectivity index (χ3v) is 5.14. The number of nitrogens with zero attached hydrogens (tertiary/aromatic N) is 1. The average molecular weight is 268 g/mol. The number of nitrogens with one attached hydrogen (secondary N) is 1. The molecule has 3 unspecified atom stereocenters. The molecule has 2 fully saturated rings. The number of hydrogen-bond acceptors (Lipinski definition) is 3. The van der Waals surface area contributed by atoms with E-state index in [1.807, 2.05) is 0 Å². The van der Waals surface area contributed by atoms with Crippen LogP contribution >= 0.6 is 0 Å². The fraction of sp³-hybridized carbons (Fsp3) is 1.00. The second-order valence-electron chi connectivity index (χ2n) is 7.56. The molecule has 2 heterocycles. The van der Waals surface area contributed by atoms with Gasteiger partial charge in [0.1, 0.15) is 0 Å². The van der Waals surface area contributed by atoms with Crippen LogP contribution in [0.2, 0.25) is 0 Å². The molecule has 0 saturated carbocycles. The average Bonchev–Trinajstić information content (AvgIpc) is 2.38. The van der Waals surface area contributed by atoms with Crippen molar-refractivity contribution in [1.82, 2.24) is 10.2 Å². The molecule has 19 heavy (non-hydrogen) atoms. The van der Waals surface area contributed by atoms with E-state index in [-0.39, 0.29) is 0 Å². The molecule has 0 amide bonds. The van der Waals surface area contributed by atoms with Gasteiger partial charge >= 0.3 is 0 Å². The fourth-order valence-corrected chi connectivity index (χ4v) is 3.50. The highest BCUT2D eigenvalue weighted by molar-refractivity contribution is 4.93. The Morgan fingerprint density at radius 3 is 2.42 bits per heavy atom. The molecule has 0 aromatic carbocycles. The van der Waals surface area contributed by atoms with Crippen molar-refractivity contribution in [3.8, 4) is 0 Å². The SMILES string of the molecule is CC1CNC(C(C)(C)C)CN1C(C)C1CCOCC1. The van der Waals surface area contributed by atoms with Crippen LogP contribution in [-0.4, -0.2) is 49.3 Å². The van der Waals surface area contributed by atoms with Gasteiger partial charge in [0.15, 0.2) is 0 Å². The molecule has 2 saturated heterocycles. The van der Waals surface area contributed by atoms with Crippen molar-refractivity contribution in [2.75, 3.05) is 26.3 Å². The van der Waals surface area contributed by atoms with Gasteiger partial charge in [-0.1, -0.05) is 20.8 Å². The van der Waals surface area contributed by atoms with Crippen LogP contribution in [0.3, 0.4) is 0 Å². The van der Waals surface area contributed by atoms with E-state index in [2.05, 4.69) is 44.8 Å². The zero-order valence-electron chi connectivity index (χ0n) is 13.4. The van der Waals surface area contributed by atoms with Gasteiger partial charge in [-0.3, -0.25) is 4.90 Å². The van der Waals surface area contributed by atoms with E-state index >= 15 is 0 Å². The van der Waals surface area contributed by atoms with Gasteiger partial charge in [0.05, 0.1) is 0 Å². The van der Waals surface area contributed by atoms with Crippen molar-refractivity contribution in [2.24, 2.45) is 11.3 Å². The minimum Gasteiger partial charge on any atom is -0.381 e. The van der Waals surface area contributed by atoms with E-state index in [1.165, 1.54) is 19.4 Å². The molecule has 0 aromatic heterocycles. The Hall–Kier alpha value is -0.120. The van der Waals surface area contributed by atoms with Gasteiger partial charge in [-0.05, 0) is 38.0 Å². The molecule has 0 radical (unpaired) electrons. The Bertz CT molecular complexity index is 281. The predicted octanol–water partition coefficient (Wildman–Crippen LogP) is 2.51. The van der Waals surface area contributed by atoms with Gasteiger partial charge in [-0.25, -0.2) is 0 Å². The molecular formula is C16H32N2O. The molecule has 3 nitrogen and oxygen atoms in total. The van der Waals surface area contributed by atoms with Crippen LogP contribution in [0.5, 0.6) is 0 Å². The summed E-state index contributed by atoms with van der Waals surface area (Å²) >= 11 is 0. The van der Waals surface area contributed by atoms with Gasteiger partial charge in [-0.15, -0.1) is 0 Å². The monoisotopic (exact) mass is 268 g/mol. The molecule has 3 heteroatoms. The molecule has 0 bridgehead atoms. The molecule has 2 aliphatic rings. The Kier molecular flexibility index (Phi) is 4.91. The third-order valence-electron chi connectivity index (χ3n) is 5.14. The number of ether oxygens (including phenoxy) is 1. The molecule has 0 aliphatic carbocycles. The Balaban J connectivity index is 1.99. The van der Waals surface area contributed by atoms with Crippen LogP contribution in [0.25, 0.3) is 0 Å². The lowest BCUT2D eigenvalue weighted by Gasteiger charge is -2.48. The maximum atomic E-state index is 5.51. The van der Waals surface area contributed by atoms with Gasteiger partial charge in [0.25, 0.3) is 0 Å². The first-order chi connectivity index (χ1) is 8.89. The Morgan fingerprint density at radius 2 is 1.84 bits per heavy atom. The highest BCUT2D eigenvalue weighted by Crippen LogP contribution is 2.29. The van der Waals surface area contributed by atoms with Crippen molar-refractivity contribution >= 4 is 0 Å². The summed E-state index contributed by atoms with van der Waals surface area (Å²) in [7, 11) is 0. The predicted molar refractivity (Wildman–Crippen MR) is 80.4 cm³/mol. The largest absolute Gasteiger partial charge is 0.381 e. The number of piperazine rings is 1. The molecule has 1 N–H and O–H groups in total. The minimum absolute atomic E-state index is 0.341. The van der Waals surface area contributed by atoms with Gasteiger partial charge < -0.3 is 10.1 Å². The van der Waals surface area contributed by atoms with Crippen LogP contribution in [0.4, 0.5) is 0 Å². The van der Waals surface area contributed by atoms with Crippen LogP contribution in [0.15, 0.2) is 0 Å². The molecule has 3 atom stereocenters. The number of rotatable bonds is 2. The summed E-state index contributed by atoms with van der Waals surface area (Å²) in [4.78, 5) is 2.74. The molecule has 0 spiro atoms. The van der Waals surface area contributed by atoms with Crippen molar-refractivity contribution in [3.05, 3.63) is 0 Å². The minimum atomic E-state index is 0.341. The van der Waals surface area contributed by atoms with Crippen molar-refractivity contribution in [3.63, 3.8) is 0 Å². The standard InChI is InChI=1S/C16H32N2O/c1-12-10-17-15(16(3,4)5)11-18(12)13(2)14-6-8-19-9-7-14/h12-15,17H,6-11H2,1-5H3. The van der Waals surface area contributed by atoms with E-state index in [0.717, 1.165) is 25.7 Å². The van der Waals surface area contributed by atoms with E-state index in [9.17, 15) is 0 Å². The summed E-state index contributed by atoms with van der Waals surface area (Å²) < 4.78 is 5.51. The van der Waals surface area contributed by atoms with Gasteiger partial charge in [-0.2, -0.15) is 0 Å². The van der Waals surface area contributed by atoms with E-state index in [0.29, 0.717) is 23.5 Å². The topological polar surface area (TPSA) is 24.5 Å². The summed E-state index contributed by atoms with van der Waals surface area (Å²) in [6.45, 7) is 16.0. The van der Waals surface area contributed by atoms with Crippen LogP contribution in [-0.2, 0) is 4.74 Å². The first kappa shape index (κ1) is 15.3. The molecule has 0 aromatic rings. The summed E-state index contributed by atoms with van der Waals surface area (Å²) in [5, 5.41) is 3.73. The summed E-state index contributed by atoms with van der Waals surface area (Å²) in [5.41, 5.74) is 0.341. The second-order valence-corrected chi connectivity index (χ2v) is 7.56. The Labute approximate surface area is 119 Å². The normalized spacial score (nSPS) is 33.3. The van der Waals surface area contributed by atoms with E-state index in [4.69, 9.17) is 4.74 Å². The van der Waals surface area contributed by atoms with Gasteiger partial charge in [0.2, 0.25) is 0 Å². The zero-order chi connectivity index (χ0) is 14.0. The smallest absolute Gasteiger partial charge is 0.0469 e. The zero-order valence-corrected chi connectivity index (χ0v) is 13.4. The molecule has 2 rings (SSSR count). The first-order valence-electron chi connectivity index (χ1n) is 7.96. The Morgan fingerprint density at radius 1 is 1.21 bits per heavy atom. The third kappa shape index (κ3) is 3.71. The number of hydrogen-bond donors (Lipinski definition) is 1. The van der Waals surface area contributed by atoms with Gasteiger partial charge in [0, 0.05) is 44.4 Å². The maximum Gasteiger partial charge on any atom is 0.0469 e. The molecule has 2 aliphatic heterocycles. The lowest BCUT2D eigenvalue weighted by Crippen LogP contribution is -2.62. The molecule has 112 valence electrons. The second kappa shape index (κ2) is 6.11. The van der Waals surface area contributed by atoms with Crippen LogP contribution in [0.1, 0.15) is 47.5 Å².